The van der Waals surface area contributed by atoms with Crippen LogP contribution in [0, 0.1) is 13.8 Å². The maximum atomic E-state index is 12.0. The molecule has 0 bridgehead atoms. The monoisotopic (exact) mass is 1070 g/mol. The first-order valence-corrected chi connectivity index (χ1v) is 25.1. The van der Waals surface area contributed by atoms with Gasteiger partial charge in [-0.05, 0) is 185 Å². The van der Waals surface area contributed by atoms with E-state index in [0.29, 0.717) is 34.4 Å². The number of carbonyl (C=O) groups excluding carboxylic acids is 2. The fourth-order valence-corrected chi connectivity index (χ4v) is 7.93. The minimum atomic E-state index is -1.03. The van der Waals surface area contributed by atoms with E-state index in [-0.39, 0.29) is 24.9 Å². The Morgan fingerprint density at radius 3 is 1.41 bits per heavy atom. The van der Waals surface area contributed by atoms with Crippen LogP contribution < -0.4 is 44.8 Å². The molecule has 0 atom stereocenters. The van der Waals surface area contributed by atoms with E-state index in [4.69, 9.17) is 43.6 Å². The maximum absolute atomic E-state index is 12.0. The number of phenols is 1. The van der Waals surface area contributed by atoms with Gasteiger partial charge >= 0.3 is 18.3 Å². The number of aromatic hydroxyl groups is 1. The van der Waals surface area contributed by atoms with E-state index in [9.17, 15) is 24.6 Å². The van der Waals surface area contributed by atoms with E-state index >= 15 is 0 Å². The van der Waals surface area contributed by atoms with Gasteiger partial charge in [0.25, 0.3) is 0 Å². The van der Waals surface area contributed by atoms with Gasteiger partial charge in [-0.25, -0.2) is 14.4 Å². The summed E-state index contributed by atoms with van der Waals surface area (Å²) in [5.41, 5.74) is 16.1. The standard InChI is InChI=1S/C25H25NO5.C20H15NO5.C18H21NO3/c1-16-8-9-18(13-21(16)26-19-10-11-22-23(14-19)29-15-28-22)17-6-5-7-20(12-17)30-24(27)31-25(2,3)4;22-15-3-1-2-12(8-15)13-4-6-16(20(23)24)17(9-13)21-14-5-7-18-19(10-14)26-11-25-18;1-12-8-9-14(11-16(12)19)13-6-5-7-15(10-13)21-17(20)22-18(2,3)4/h5-14,26H,15H2,1-4H3;1-10,21-22H,11H2,(H,23,24);5-11H,19H2,1-4H3. The Morgan fingerprint density at radius 2 is 0.911 bits per heavy atom. The highest BCUT2D eigenvalue weighted by molar-refractivity contribution is 5.96. The van der Waals surface area contributed by atoms with Gasteiger partial charge in [0, 0.05) is 34.9 Å². The first kappa shape index (κ1) is 55.4. The lowest BCUT2D eigenvalue weighted by atomic mass is 10.0. The van der Waals surface area contributed by atoms with Crippen LogP contribution in [0.4, 0.5) is 38.0 Å². The molecule has 79 heavy (non-hydrogen) atoms. The number of fused-ring (bicyclic) bond motifs is 2. The van der Waals surface area contributed by atoms with Crippen molar-refractivity contribution in [2.24, 2.45) is 0 Å². The highest BCUT2D eigenvalue weighted by Gasteiger charge is 2.21. The molecular weight excluding hydrogens is 1010 g/mol. The summed E-state index contributed by atoms with van der Waals surface area (Å²) in [6.07, 6.45) is -1.44. The highest BCUT2D eigenvalue weighted by atomic mass is 16.7. The van der Waals surface area contributed by atoms with Crippen LogP contribution in [0.1, 0.15) is 63.0 Å². The third kappa shape index (κ3) is 15.4. The van der Waals surface area contributed by atoms with Gasteiger partial charge in [0.1, 0.15) is 28.5 Å². The molecule has 8 aromatic carbocycles. The van der Waals surface area contributed by atoms with Crippen molar-refractivity contribution in [2.45, 2.75) is 66.6 Å². The summed E-state index contributed by atoms with van der Waals surface area (Å²) in [7, 11) is 0. The topological polar surface area (TPSA) is 216 Å². The fraction of sp³-hybridized carbons (Fsp3) is 0.190. The molecule has 0 fully saturated rings. The number of nitrogens with one attached hydrogen (secondary N) is 2. The molecule has 0 radical (unpaired) electrons. The van der Waals surface area contributed by atoms with Crippen molar-refractivity contribution < 1.29 is 62.5 Å². The predicted molar refractivity (Wildman–Crippen MR) is 304 cm³/mol. The summed E-state index contributed by atoms with van der Waals surface area (Å²) in [6, 6.07) is 49.5. The van der Waals surface area contributed by atoms with Crippen LogP contribution in [0.15, 0.2) is 164 Å². The largest absolute Gasteiger partial charge is 0.514 e. The molecule has 0 saturated heterocycles. The van der Waals surface area contributed by atoms with Gasteiger partial charge in [0.05, 0.1) is 11.3 Å². The number of aromatic carboxylic acids is 1. The normalized spacial score (nSPS) is 11.9. The van der Waals surface area contributed by atoms with Crippen molar-refractivity contribution in [1.29, 1.82) is 0 Å². The van der Waals surface area contributed by atoms with Crippen molar-refractivity contribution in [2.75, 3.05) is 30.0 Å². The zero-order valence-corrected chi connectivity index (χ0v) is 45.0. The number of aryl methyl sites for hydroxylation is 2. The molecule has 0 spiro atoms. The molecule has 16 heteroatoms. The second-order valence-corrected chi connectivity index (χ2v) is 20.3. The third-order valence-electron chi connectivity index (χ3n) is 11.8. The Labute approximate surface area is 458 Å². The summed E-state index contributed by atoms with van der Waals surface area (Å²) in [5.74, 6) is 2.72. The second kappa shape index (κ2) is 24.0. The molecule has 406 valence electrons. The molecule has 0 unspecified atom stereocenters. The fourth-order valence-electron chi connectivity index (χ4n) is 7.93. The summed E-state index contributed by atoms with van der Waals surface area (Å²) in [4.78, 5) is 35.3. The lowest BCUT2D eigenvalue weighted by Gasteiger charge is -2.18. The van der Waals surface area contributed by atoms with Crippen LogP contribution in [0.3, 0.4) is 0 Å². The van der Waals surface area contributed by atoms with Gasteiger partial charge in [-0.15, -0.1) is 0 Å². The van der Waals surface area contributed by atoms with Crippen LogP contribution in [0.5, 0.6) is 40.2 Å². The number of phenolic OH excluding ortho intramolecular Hbond substituents is 1. The number of carbonyl (C=O) groups is 3. The lowest BCUT2D eigenvalue weighted by molar-refractivity contribution is 0.0193. The Hall–Kier alpha value is -9.83. The van der Waals surface area contributed by atoms with Gasteiger partial charge < -0.3 is 64.5 Å². The number of rotatable bonds is 10. The molecule has 0 saturated carbocycles. The van der Waals surface area contributed by atoms with E-state index in [0.717, 1.165) is 73.1 Å². The molecule has 6 N–H and O–H groups in total. The number of carboxylic acid groups (broad SMARTS) is 1. The van der Waals surface area contributed by atoms with Gasteiger partial charge in [-0.1, -0.05) is 66.7 Å². The third-order valence-corrected chi connectivity index (χ3v) is 11.8. The van der Waals surface area contributed by atoms with Gasteiger partial charge in [-0.2, -0.15) is 0 Å². The van der Waals surface area contributed by atoms with Crippen LogP contribution in [-0.4, -0.2) is 53.3 Å². The molecular formula is C63H61N3O13. The Kier molecular flexibility index (Phi) is 16.8. The Balaban J connectivity index is 0.000000159. The zero-order chi connectivity index (χ0) is 56.4. The molecule has 2 aliphatic rings. The number of benzene rings is 8. The van der Waals surface area contributed by atoms with E-state index in [1.807, 2.05) is 98.8 Å². The zero-order valence-electron chi connectivity index (χ0n) is 45.0. The van der Waals surface area contributed by atoms with E-state index in [1.165, 1.54) is 6.07 Å². The first-order chi connectivity index (χ1) is 37.6. The molecule has 10 rings (SSSR count). The van der Waals surface area contributed by atoms with Crippen molar-refractivity contribution in [1.82, 2.24) is 0 Å². The number of ether oxygens (including phenoxy) is 8. The summed E-state index contributed by atoms with van der Waals surface area (Å²) in [5, 5.41) is 25.7. The maximum Gasteiger partial charge on any atom is 0.514 e. The molecule has 0 amide bonds. The number of hydrogen-bond acceptors (Lipinski definition) is 15. The minimum absolute atomic E-state index is 0.145. The van der Waals surface area contributed by atoms with Gasteiger partial charge in [0.2, 0.25) is 13.6 Å². The Morgan fingerprint density at radius 1 is 0.481 bits per heavy atom. The predicted octanol–water partition coefficient (Wildman–Crippen LogP) is 15.2. The van der Waals surface area contributed by atoms with Crippen LogP contribution >= 0.6 is 0 Å². The molecule has 2 heterocycles. The van der Waals surface area contributed by atoms with Crippen molar-refractivity contribution in [3.05, 3.63) is 180 Å². The molecule has 16 nitrogen and oxygen atoms in total. The van der Waals surface area contributed by atoms with Crippen LogP contribution in [0.2, 0.25) is 0 Å². The summed E-state index contributed by atoms with van der Waals surface area (Å²) >= 11 is 0. The first-order valence-electron chi connectivity index (χ1n) is 25.1. The smallest absolute Gasteiger partial charge is 0.508 e. The molecule has 8 aromatic rings. The van der Waals surface area contributed by atoms with Crippen molar-refractivity contribution in [3.8, 4) is 73.6 Å². The number of nitrogen functional groups attached to an aromatic ring is 1. The van der Waals surface area contributed by atoms with E-state index < -0.39 is 29.5 Å². The summed E-state index contributed by atoms with van der Waals surface area (Å²) < 4.78 is 42.4. The number of anilines is 5. The molecule has 0 aromatic heterocycles. The number of hydrogen-bond donors (Lipinski definition) is 5. The van der Waals surface area contributed by atoms with Crippen molar-refractivity contribution in [3.63, 3.8) is 0 Å². The minimum Gasteiger partial charge on any atom is -0.508 e. The van der Waals surface area contributed by atoms with E-state index in [2.05, 4.69) is 16.7 Å². The Bertz CT molecular complexity index is 3530. The highest BCUT2D eigenvalue weighted by Crippen LogP contribution is 2.39. The molecule has 2 aliphatic heterocycles. The quantitative estimate of drug-likeness (QED) is 0.0489. The second-order valence-electron chi connectivity index (χ2n) is 20.3. The SMILES string of the molecule is Cc1ccc(-c2cccc(OC(=O)OC(C)(C)C)c2)cc1N.Cc1ccc(-c2cccc(OC(=O)OC(C)(C)C)c2)cc1Nc1ccc2c(c1)OCO2.O=C(O)c1ccc(-c2cccc(O)c2)cc1Nc1ccc2c(c1)OCO2. The number of carboxylic acids is 1. The number of nitrogens with two attached hydrogens (primary N) is 1. The lowest BCUT2D eigenvalue weighted by Crippen LogP contribution is -2.25. The summed E-state index contributed by atoms with van der Waals surface area (Å²) in [6.45, 7) is 15.2. The van der Waals surface area contributed by atoms with Crippen molar-refractivity contribution >= 4 is 46.7 Å². The van der Waals surface area contributed by atoms with E-state index in [1.54, 1.807) is 108 Å². The average molecular weight is 1070 g/mol. The van der Waals surface area contributed by atoms with Crippen LogP contribution in [0.25, 0.3) is 33.4 Å². The van der Waals surface area contributed by atoms with Crippen LogP contribution in [-0.2, 0) is 9.47 Å². The average Bonchev–Trinajstić information content (AvgIpc) is 4.08. The van der Waals surface area contributed by atoms with Gasteiger partial charge in [-0.3, -0.25) is 0 Å². The molecule has 0 aliphatic carbocycles. The van der Waals surface area contributed by atoms with Gasteiger partial charge in [0.15, 0.2) is 23.0 Å².